The molecule has 0 bridgehead atoms. The van der Waals surface area contributed by atoms with Crippen molar-refractivity contribution < 1.29 is 9.59 Å². The molecule has 3 N–H and O–H groups in total. The summed E-state index contributed by atoms with van der Waals surface area (Å²) in [5.74, 6) is -0.0401. The van der Waals surface area contributed by atoms with E-state index in [0.717, 1.165) is 23.8 Å². The Balaban J connectivity index is 2.15. The number of aromatic amines is 1. The number of pyridine rings is 1. The number of fused-ring (bicyclic) bond motifs is 1. The van der Waals surface area contributed by atoms with E-state index in [1.807, 2.05) is 0 Å². The summed E-state index contributed by atoms with van der Waals surface area (Å²) < 4.78 is 0. The first-order valence-corrected chi connectivity index (χ1v) is 7.03. The first-order chi connectivity index (χ1) is 10.0. The number of H-pyrrole nitrogens is 1. The Kier molecular flexibility index (Phi) is 3.33. The van der Waals surface area contributed by atoms with E-state index in [9.17, 15) is 14.4 Å². The number of carbonyl (C=O) groups excluding carboxylic acids is 2. The predicted octanol–water partition coefficient (Wildman–Crippen LogP) is 1.85. The molecule has 1 heterocycles. The molecule has 1 fully saturated rings. The number of hydrogen-bond acceptors (Lipinski definition) is 3. The Morgan fingerprint density at radius 3 is 2.52 bits per heavy atom. The van der Waals surface area contributed by atoms with Crippen molar-refractivity contribution in [2.24, 2.45) is 5.73 Å². The minimum absolute atomic E-state index is 0.166. The molecular weight excluding hydrogens is 268 g/mol. The summed E-state index contributed by atoms with van der Waals surface area (Å²) in [5, 5.41) is 0.838. The first kappa shape index (κ1) is 13.5. The number of benzene rings is 1. The molecule has 1 aliphatic rings. The zero-order chi connectivity index (χ0) is 15.0. The molecular formula is C16H16N2O3. The van der Waals surface area contributed by atoms with Crippen LogP contribution in [0.15, 0.2) is 29.1 Å². The van der Waals surface area contributed by atoms with Gasteiger partial charge < -0.3 is 10.7 Å². The molecule has 5 nitrogen and oxygen atoms in total. The second kappa shape index (κ2) is 5.16. The highest BCUT2D eigenvalue weighted by Gasteiger charge is 2.22. The van der Waals surface area contributed by atoms with Crippen molar-refractivity contribution in [3.8, 4) is 0 Å². The zero-order valence-electron chi connectivity index (χ0n) is 11.5. The van der Waals surface area contributed by atoms with Gasteiger partial charge in [-0.2, -0.15) is 0 Å². The number of rotatable bonds is 2. The van der Waals surface area contributed by atoms with Crippen molar-refractivity contribution in [2.75, 3.05) is 0 Å². The number of amides is 1. The van der Waals surface area contributed by atoms with Gasteiger partial charge in [0.2, 0.25) is 11.5 Å². The fourth-order valence-corrected chi connectivity index (χ4v) is 3.02. The number of aromatic nitrogens is 1. The molecule has 3 rings (SSSR count). The van der Waals surface area contributed by atoms with Crippen molar-refractivity contribution in [3.63, 3.8) is 0 Å². The molecule has 0 aliphatic heterocycles. The van der Waals surface area contributed by atoms with Crippen LogP contribution in [0.4, 0.5) is 0 Å². The first-order valence-electron chi connectivity index (χ1n) is 7.03. The number of hydrogen-bond donors (Lipinski definition) is 2. The molecule has 1 amide bonds. The molecule has 0 radical (unpaired) electrons. The molecule has 0 atom stereocenters. The third-order valence-corrected chi connectivity index (χ3v) is 4.14. The van der Waals surface area contributed by atoms with Gasteiger partial charge in [0.1, 0.15) is 5.78 Å². The van der Waals surface area contributed by atoms with Crippen LogP contribution >= 0.6 is 0 Å². The molecule has 108 valence electrons. The summed E-state index contributed by atoms with van der Waals surface area (Å²) in [6, 6.07) is 6.61. The maximum absolute atomic E-state index is 11.8. The smallest absolute Gasteiger partial charge is 0.248 e. The molecule has 0 spiro atoms. The minimum atomic E-state index is -0.493. The summed E-state index contributed by atoms with van der Waals surface area (Å²) in [6.07, 6.45) is 2.60. The second-order valence-corrected chi connectivity index (χ2v) is 5.53. The van der Waals surface area contributed by atoms with Crippen LogP contribution in [0.3, 0.4) is 0 Å². The molecule has 5 heteroatoms. The van der Waals surface area contributed by atoms with E-state index >= 15 is 0 Å². The van der Waals surface area contributed by atoms with Crippen molar-refractivity contribution in [2.45, 2.75) is 31.6 Å². The van der Waals surface area contributed by atoms with Crippen molar-refractivity contribution >= 4 is 22.6 Å². The topological polar surface area (TPSA) is 93.0 Å². The van der Waals surface area contributed by atoms with Gasteiger partial charge >= 0.3 is 0 Å². The van der Waals surface area contributed by atoms with Gasteiger partial charge in [-0.15, -0.1) is 0 Å². The number of ketones is 1. The summed E-state index contributed by atoms with van der Waals surface area (Å²) in [7, 11) is 0. The Labute approximate surface area is 121 Å². The number of nitrogens with two attached hydrogens (primary N) is 1. The molecule has 21 heavy (non-hydrogen) atoms. The van der Waals surface area contributed by atoms with E-state index in [1.54, 1.807) is 24.3 Å². The highest BCUT2D eigenvalue weighted by atomic mass is 16.1. The van der Waals surface area contributed by atoms with Gasteiger partial charge in [0.15, 0.2) is 0 Å². The van der Waals surface area contributed by atoms with Crippen LogP contribution in [0, 0.1) is 0 Å². The van der Waals surface area contributed by atoms with E-state index in [-0.39, 0.29) is 17.3 Å². The summed E-state index contributed by atoms with van der Waals surface area (Å²) >= 11 is 0. The lowest BCUT2D eigenvalue weighted by molar-refractivity contribution is -0.120. The van der Waals surface area contributed by atoms with E-state index in [4.69, 9.17) is 5.73 Å². The fraction of sp³-hybridized carbons (Fsp3) is 0.312. The fourth-order valence-electron chi connectivity index (χ4n) is 3.02. The van der Waals surface area contributed by atoms with Gasteiger partial charge in [0, 0.05) is 35.4 Å². The molecule has 1 aliphatic carbocycles. The molecule has 0 saturated heterocycles. The Morgan fingerprint density at radius 2 is 1.86 bits per heavy atom. The largest absolute Gasteiger partial charge is 0.366 e. The van der Waals surface area contributed by atoms with E-state index in [2.05, 4.69) is 4.98 Å². The van der Waals surface area contributed by atoms with Crippen LogP contribution in [0.5, 0.6) is 0 Å². The van der Waals surface area contributed by atoms with Crippen LogP contribution in [0.2, 0.25) is 0 Å². The summed E-state index contributed by atoms with van der Waals surface area (Å²) in [4.78, 5) is 37.3. The molecule has 1 aromatic carbocycles. The van der Waals surface area contributed by atoms with Gasteiger partial charge in [0.25, 0.3) is 0 Å². The average Bonchev–Trinajstić information content (AvgIpc) is 2.46. The quantitative estimate of drug-likeness (QED) is 0.881. The maximum Gasteiger partial charge on any atom is 0.248 e. The van der Waals surface area contributed by atoms with Gasteiger partial charge in [-0.05, 0) is 42.5 Å². The average molecular weight is 284 g/mol. The number of primary amides is 1. The SMILES string of the molecule is NC(=O)c1ccc2[nH]c(=O)cc(C3CCC(=O)CC3)c2c1. The highest BCUT2D eigenvalue weighted by molar-refractivity contribution is 5.97. The Morgan fingerprint density at radius 1 is 1.14 bits per heavy atom. The standard InChI is InChI=1S/C16H16N2O3/c17-16(21)10-3-6-14-13(7-10)12(8-15(20)18-14)9-1-4-11(19)5-2-9/h3,6-9H,1-2,4-5H2,(H2,17,21)(H,18,20). The third kappa shape index (κ3) is 2.59. The normalized spacial score (nSPS) is 16.3. The zero-order valence-corrected chi connectivity index (χ0v) is 11.5. The molecule has 1 aromatic heterocycles. The van der Waals surface area contributed by atoms with E-state index < -0.39 is 5.91 Å². The monoisotopic (exact) mass is 284 g/mol. The van der Waals surface area contributed by atoms with E-state index in [0.29, 0.717) is 23.9 Å². The Bertz CT molecular complexity index is 782. The summed E-state index contributed by atoms with van der Waals surface area (Å²) in [5.41, 5.74) is 7.18. The van der Waals surface area contributed by atoms with Gasteiger partial charge in [-0.1, -0.05) is 0 Å². The lowest BCUT2D eigenvalue weighted by Crippen LogP contribution is -2.16. The minimum Gasteiger partial charge on any atom is -0.366 e. The van der Waals surface area contributed by atoms with Gasteiger partial charge in [-0.3, -0.25) is 14.4 Å². The van der Waals surface area contributed by atoms with Crippen LogP contribution < -0.4 is 11.3 Å². The second-order valence-electron chi connectivity index (χ2n) is 5.53. The highest BCUT2D eigenvalue weighted by Crippen LogP contribution is 2.34. The lowest BCUT2D eigenvalue weighted by atomic mass is 9.82. The van der Waals surface area contributed by atoms with Crippen LogP contribution in [0.25, 0.3) is 10.9 Å². The number of Topliss-reactive ketones (excluding diaryl/α,β-unsaturated/α-hetero) is 1. The summed E-state index contributed by atoms with van der Waals surface area (Å²) in [6.45, 7) is 0. The molecule has 2 aromatic rings. The Hall–Kier alpha value is -2.43. The van der Waals surface area contributed by atoms with Crippen LogP contribution in [0.1, 0.15) is 47.5 Å². The molecule has 0 unspecified atom stereocenters. The number of carbonyl (C=O) groups is 2. The molecule has 1 saturated carbocycles. The van der Waals surface area contributed by atoms with Crippen LogP contribution in [-0.2, 0) is 4.79 Å². The maximum atomic E-state index is 11.8. The number of nitrogens with one attached hydrogen (secondary N) is 1. The van der Waals surface area contributed by atoms with Crippen molar-refractivity contribution in [1.82, 2.24) is 4.98 Å². The van der Waals surface area contributed by atoms with E-state index in [1.165, 1.54) is 0 Å². The van der Waals surface area contributed by atoms with Crippen LogP contribution in [-0.4, -0.2) is 16.7 Å². The lowest BCUT2D eigenvalue weighted by Gasteiger charge is -2.22. The van der Waals surface area contributed by atoms with Gasteiger partial charge in [-0.25, -0.2) is 0 Å². The third-order valence-electron chi connectivity index (χ3n) is 4.14. The van der Waals surface area contributed by atoms with Crippen molar-refractivity contribution in [3.05, 3.63) is 45.7 Å². The van der Waals surface area contributed by atoms with Gasteiger partial charge in [0.05, 0.1) is 0 Å². The predicted molar refractivity (Wildman–Crippen MR) is 79.3 cm³/mol. The van der Waals surface area contributed by atoms with Crippen molar-refractivity contribution in [1.29, 1.82) is 0 Å².